The van der Waals surface area contributed by atoms with Crippen molar-refractivity contribution in [2.24, 2.45) is 0 Å². The maximum atomic E-state index is 7.40. The molecule has 0 saturated carbocycles. The molecular formula is C6H11ClN2S. The third-order valence-electron chi connectivity index (χ3n) is 1.24. The van der Waals surface area contributed by atoms with E-state index in [0.29, 0.717) is 5.84 Å². The van der Waals surface area contributed by atoms with Crippen molar-refractivity contribution in [1.82, 2.24) is 4.90 Å². The summed E-state index contributed by atoms with van der Waals surface area (Å²) in [4.78, 5) is 1.94. The van der Waals surface area contributed by atoms with Crippen LogP contribution in [-0.2, 0) is 0 Å². The second-order valence-corrected chi connectivity index (χ2v) is 2.72. The molecule has 58 valence electrons. The normalized spacial score (nSPS) is 16.9. The lowest BCUT2D eigenvalue weighted by atomic mass is 10.5. The minimum Gasteiger partial charge on any atom is -0.336 e. The molecule has 0 atom stereocenters. The molecule has 0 amide bonds. The largest absolute Gasteiger partial charge is 0.336 e. The molecule has 10 heavy (non-hydrogen) atoms. The lowest BCUT2D eigenvalue weighted by Crippen LogP contribution is -2.27. The van der Waals surface area contributed by atoms with Gasteiger partial charge in [0.15, 0.2) is 0 Å². The van der Waals surface area contributed by atoms with E-state index in [1.54, 1.807) is 11.8 Å². The summed E-state index contributed by atoms with van der Waals surface area (Å²) in [6.45, 7) is 2.96. The lowest BCUT2D eigenvalue weighted by molar-refractivity contribution is 0.582. The molecule has 1 N–H and O–H groups in total. The molecule has 4 heteroatoms. The van der Waals surface area contributed by atoms with Crippen molar-refractivity contribution in [2.45, 2.75) is 6.92 Å². The van der Waals surface area contributed by atoms with E-state index in [1.807, 2.05) is 16.5 Å². The van der Waals surface area contributed by atoms with Gasteiger partial charge in [-0.3, -0.25) is 5.41 Å². The fourth-order valence-corrected chi connectivity index (χ4v) is 1.37. The number of rotatable bonds is 1. The van der Waals surface area contributed by atoms with Crippen LogP contribution in [0.1, 0.15) is 6.92 Å². The molecule has 0 fully saturated rings. The van der Waals surface area contributed by atoms with Gasteiger partial charge in [0.05, 0.1) is 5.75 Å². The number of halogens is 1. The summed E-state index contributed by atoms with van der Waals surface area (Å²) >= 11 is 1.68. The zero-order chi connectivity index (χ0) is 6.69. The minimum absolute atomic E-state index is 0. The third-order valence-corrected chi connectivity index (χ3v) is 2.00. The average Bonchev–Trinajstić information content (AvgIpc) is 1.89. The zero-order valence-corrected chi connectivity index (χ0v) is 7.47. The number of nitrogens with one attached hydrogen (secondary N) is 1. The predicted molar refractivity (Wildman–Crippen MR) is 49.0 cm³/mol. The number of hydrogen-bond acceptors (Lipinski definition) is 2. The summed E-state index contributed by atoms with van der Waals surface area (Å²) in [6.07, 6.45) is 1.95. The van der Waals surface area contributed by atoms with Crippen LogP contribution in [0.5, 0.6) is 0 Å². The van der Waals surface area contributed by atoms with Crippen molar-refractivity contribution < 1.29 is 0 Å². The molecule has 1 aliphatic heterocycles. The van der Waals surface area contributed by atoms with Gasteiger partial charge < -0.3 is 4.90 Å². The SMILES string of the molecule is CCN1C=CSCC1=N.Cl. The van der Waals surface area contributed by atoms with E-state index in [-0.39, 0.29) is 12.4 Å². The Labute approximate surface area is 71.6 Å². The molecule has 0 bridgehead atoms. The molecule has 0 aromatic heterocycles. The second-order valence-electron chi connectivity index (χ2n) is 1.83. The second kappa shape index (κ2) is 4.63. The molecule has 0 aliphatic carbocycles. The Morgan fingerprint density at radius 1 is 1.80 bits per heavy atom. The molecule has 2 nitrogen and oxygen atoms in total. The van der Waals surface area contributed by atoms with Crippen LogP contribution in [0.25, 0.3) is 0 Å². The first kappa shape index (κ1) is 9.85. The summed E-state index contributed by atoms with van der Waals surface area (Å²) in [6, 6.07) is 0. The Balaban J connectivity index is 0.000000810. The Kier molecular flexibility index (Phi) is 4.56. The summed E-state index contributed by atoms with van der Waals surface area (Å²) in [7, 11) is 0. The van der Waals surface area contributed by atoms with Crippen LogP contribution in [0.2, 0.25) is 0 Å². The maximum Gasteiger partial charge on any atom is 0.110 e. The molecule has 0 saturated heterocycles. The van der Waals surface area contributed by atoms with Crippen LogP contribution in [0.4, 0.5) is 0 Å². The molecular weight excluding hydrogens is 168 g/mol. The summed E-state index contributed by atoms with van der Waals surface area (Å²) < 4.78 is 0. The van der Waals surface area contributed by atoms with Gasteiger partial charge in [-0.25, -0.2) is 0 Å². The topological polar surface area (TPSA) is 27.1 Å². The van der Waals surface area contributed by atoms with Gasteiger partial charge in [0.1, 0.15) is 5.84 Å². The molecule has 0 radical (unpaired) electrons. The van der Waals surface area contributed by atoms with Crippen LogP contribution >= 0.6 is 24.2 Å². The number of amidine groups is 1. The van der Waals surface area contributed by atoms with Crippen LogP contribution in [0, 0.1) is 5.41 Å². The van der Waals surface area contributed by atoms with Crippen molar-refractivity contribution in [2.75, 3.05) is 12.3 Å². The van der Waals surface area contributed by atoms with Gasteiger partial charge in [-0.15, -0.1) is 24.2 Å². The Morgan fingerprint density at radius 2 is 2.50 bits per heavy atom. The molecule has 1 rings (SSSR count). The molecule has 1 heterocycles. The zero-order valence-electron chi connectivity index (χ0n) is 5.83. The van der Waals surface area contributed by atoms with Gasteiger partial charge in [0, 0.05) is 12.7 Å². The predicted octanol–water partition coefficient (Wildman–Crippen LogP) is 1.93. The first-order chi connectivity index (χ1) is 4.34. The third kappa shape index (κ3) is 2.23. The highest BCUT2D eigenvalue weighted by atomic mass is 35.5. The van der Waals surface area contributed by atoms with Crippen LogP contribution < -0.4 is 0 Å². The highest BCUT2D eigenvalue weighted by Crippen LogP contribution is 2.11. The first-order valence-electron chi connectivity index (χ1n) is 2.97. The lowest BCUT2D eigenvalue weighted by Gasteiger charge is -2.21. The Bertz CT molecular complexity index is 147. The van der Waals surface area contributed by atoms with E-state index in [9.17, 15) is 0 Å². The fourth-order valence-electron chi connectivity index (χ4n) is 0.713. The highest BCUT2D eigenvalue weighted by Gasteiger charge is 2.06. The van der Waals surface area contributed by atoms with E-state index in [2.05, 4.69) is 6.92 Å². The fraction of sp³-hybridized carbons (Fsp3) is 0.500. The van der Waals surface area contributed by atoms with Crippen molar-refractivity contribution in [3.8, 4) is 0 Å². The standard InChI is InChI=1S/C6H10N2S.ClH/c1-2-8-3-4-9-5-6(8)7;/h3-4,7H,2,5H2,1H3;1H. The van der Waals surface area contributed by atoms with Crippen LogP contribution in [-0.4, -0.2) is 23.0 Å². The summed E-state index contributed by atoms with van der Waals surface area (Å²) in [5.41, 5.74) is 0. The van der Waals surface area contributed by atoms with E-state index in [0.717, 1.165) is 12.3 Å². The van der Waals surface area contributed by atoms with Crippen molar-refractivity contribution >= 4 is 30.0 Å². The first-order valence-corrected chi connectivity index (χ1v) is 4.02. The van der Waals surface area contributed by atoms with Gasteiger partial charge >= 0.3 is 0 Å². The maximum absolute atomic E-state index is 7.40. The van der Waals surface area contributed by atoms with Gasteiger partial charge in [-0.05, 0) is 12.3 Å². The van der Waals surface area contributed by atoms with Crippen molar-refractivity contribution in [3.63, 3.8) is 0 Å². The molecule has 0 aromatic rings. The molecule has 1 aliphatic rings. The van der Waals surface area contributed by atoms with Gasteiger partial charge in [-0.2, -0.15) is 0 Å². The summed E-state index contributed by atoms with van der Waals surface area (Å²) in [5.74, 6) is 1.54. The average molecular weight is 179 g/mol. The van der Waals surface area contributed by atoms with E-state index < -0.39 is 0 Å². The number of thioether (sulfide) groups is 1. The van der Waals surface area contributed by atoms with E-state index in [1.165, 1.54) is 0 Å². The van der Waals surface area contributed by atoms with Gasteiger partial charge in [0.2, 0.25) is 0 Å². The van der Waals surface area contributed by atoms with Crippen LogP contribution in [0.3, 0.4) is 0 Å². The quantitative estimate of drug-likeness (QED) is 0.665. The van der Waals surface area contributed by atoms with E-state index in [4.69, 9.17) is 5.41 Å². The van der Waals surface area contributed by atoms with E-state index >= 15 is 0 Å². The molecule has 0 aromatic carbocycles. The smallest absolute Gasteiger partial charge is 0.110 e. The highest BCUT2D eigenvalue weighted by molar-refractivity contribution is 8.02. The van der Waals surface area contributed by atoms with Gasteiger partial charge in [-0.1, -0.05) is 0 Å². The Morgan fingerprint density at radius 3 is 2.90 bits per heavy atom. The number of hydrogen-bond donors (Lipinski definition) is 1. The Hall–Kier alpha value is -0.150. The monoisotopic (exact) mass is 178 g/mol. The van der Waals surface area contributed by atoms with Gasteiger partial charge in [0.25, 0.3) is 0 Å². The minimum atomic E-state index is 0. The number of nitrogens with zero attached hydrogens (tertiary/aromatic N) is 1. The molecule has 0 unspecified atom stereocenters. The molecule has 0 spiro atoms. The van der Waals surface area contributed by atoms with Crippen molar-refractivity contribution in [1.29, 1.82) is 5.41 Å². The van der Waals surface area contributed by atoms with Crippen molar-refractivity contribution in [3.05, 3.63) is 11.6 Å². The summed E-state index contributed by atoms with van der Waals surface area (Å²) in [5, 5.41) is 9.43. The van der Waals surface area contributed by atoms with Crippen LogP contribution in [0.15, 0.2) is 11.6 Å².